The molecule has 0 bridgehead atoms. The van der Waals surface area contributed by atoms with E-state index in [0.29, 0.717) is 0 Å². The van der Waals surface area contributed by atoms with Crippen molar-refractivity contribution < 1.29 is 4.42 Å². The summed E-state index contributed by atoms with van der Waals surface area (Å²) < 4.78 is 7.10. The molecule has 0 aliphatic heterocycles. The standard InChI is InChI=1S/C15H14BrNOS/c1-17-12(9-11-6-7-15(16)19-11)14-8-10-4-2-3-5-13(10)18-14/h2-8,12,17H,9H2,1H3. The highest BCUT2D eigenvalue weighted by Crippen LogP contribution is 2.29. The number of hydrogen-bond acceptors (Lipinski definition) is 3. The van der Waals surface area contributed by atoms with E-state index in [9.17, 15) is 0 Å². The Morgan fingerprint density at radius 3 is 2.79 bits per heavy atom. The molecular formula is C15H14BrNOS. The summed E-state index contributed by atoms with van der Waals surface area (Å²) in [4.78, 5) is 1.34. The van der Waals surface area contributed by atoms with E-state index in [1.165, 1.54) is 8.66 Å². The third-order valence-electron chi connectivity index (χ3n) is 3.17. The second kappa shape index (κ2) is 5.49. The fraction of sp³-hybridized carbons (Fsp3) is 0.200. The number of benzene rings is 1. The van der Waals surface area contributed by atoms with Gasteiger partial charge in [0, 0.05) is 16.7 Å². The summed E-state index contributed by atoms with van der Waals surface area (Å²) in [5.74, 6) is 0.994. The molecule has 0 aliphatic carbocycles. The van der Waals surface area contributed by atoms with E-state index < -0.39 is 0 Å². The molecule has 1 atom stereocenters. The quantitative estimate of drug-likeness (QED) is 0.743. The summed E-state index contributed by atoms with van der Waals surface area (Å²) in [6, 6.07) is 14.7. The van der Waals surface area contributed by atoms with Gasteiger partial charge in [0.1, 0.15) is 11.3 Å². The first-order chi connectivity index (χ1) is 9.26. The first-order valence-corrected chi connectivity index (χ1v) is 7.77. The van der Waals surface area contributed by atoms with Crippen LogP contribution >= 0.6 is 27.3 Å². The van der Waals surface area contributed by atoms with E-state index in [1.54, 1.807) is 11.3 Å². The van der Waals surface area contributed by atoms with Gasteiger partial charge >= 0.3 is 0 Å². The van der Waals surface area contributed by atoms with Crippen molar-refractivity contribution >= 4 is 38.2 Å². The predicted octanol–water partition coefficient (Wildman–Crippen LogP) is 4.76. The van der Waals surface area contributed by atoms with Gasteiger partial charge in [-0.15, -0.1) is 11.3 Å². The molecule has 3 aromatic rings. The van der Waals surface area contributed by atoms with Crippen molar-refractivity contribution in [1.82, 2.24) is 5.32 Å². The van der Waals surface area contributed by atoms with Crippen molar-refractivity contribution in [2.24, 2.45) is 0 Å². The molecule has 2 heterocycles. The molecular weight excluding hydrogens is 322 g/mol. The fourth-order valence-electron chi connectivity index (χ4n) is 2.18. The maximum Gasteiger partial charge on any atom is 0.134 e. The van der Waals surface area contributed by atoms with Crippen molar-refractivity contribution in [2.45, 2.75) is 12.5 Å². The maximum atomic E-state index is 5.93. The Kier molecular flexibility index (Phi) is 3.73. The molecule has 1 N–H and O–H groups in total. The van der Waals surface area contributed by atoms with Crippen LogP contribution in [0.25, 0.3) is 11.0 Å². The van der Waals surface area contributed by atoms with Crippen molar-refractivity contribution in [3.05, 3.63) is 56.9 Å². The highest BCUT2D eigenvalue weighted by atomic mass is 79.9. The molecule has 3 rings (SSSR count). The lowest BCUT2D eigenvalue weighted by molar-refractivity contribution is 0.452. The first kappa shape index (κ1) is 12.9. The number of hydrogen-bond donors (Lipinski definition) is 1. The van der Waals surface area contributed by atoms with E-state index in [4.69, 9.17) is 4.42 Å². The third-order valence-corrected chi connectivity index (χ3v) is 4.82. The van der Waals surface area contributed by atoms with E-state index in [2.05, 4.69) is 45.5 Å². The Hall–Kier alpha value is -1.10. The molecule has 1 unspecified atom stereocenters. The van der Waals surface area contributed by atoms with Crippen LogP contribution in [-0.4, -0.2) is 7.05 Å². The van der Waals surface area contributed by atoms with E-state index >= 15 is 0 Å². The molecule has 0 spiro atoms. The van der Waals surface area contributed by atoms with Crippen molar-refractivity contribution in [1.29, 1.82) is 0 Å². The second-order valence-corrected chi connectivity index (χ2v) is 6.99. The van der Waals surface area contributed by atoms with Gasteiger partial charge in [-0.25, -0.2) is 0 Å². The van der Waals surface area contributed by atoms with Crippen LogP contribution in [0.4, 0.5) is 0 Å². The first-order valence-electron chi connectivity index (χ1n) is 6.16. The molecule has 0 aliphatic rings. The number of thiophene rings is 1. The predicted molar refractivity (Wildman–Crippen MR) is 83.7 cm³/mol. The fourth-order valence-corrected chi connectivity index (χ4v) is 3.71. The van der Waals surface area contributed by atoms with Crippen molar-refractivity contribution in [3.63, 3.8) is 0 Å². The number of likely N-dealkylation sites (N-methyl/N-ethyl adjacent to an activating group) is 1. The van der Waals surface area contributed by atoms with Gasteiger partial charge in [0.2, 0.25) is 0 Å². The Morgan fingerprint density at radius 1 is 1.26 bits per heavy atom. The number of para-hydroxylation sites is 1. The molecule has 1 aromatic carbocycles. The van der Waals surface area contributed by atoms with Gasteiger partial charge in [-0.2, -0.15) is 0 Å². The van der Waals surface area contributed by atoms with E-state index in [0.717, 1.165) is 23.2 Å². The van der Waals surface area contributed by atoms with Crippen LogP contribution in [0.2, 0.25) is 0 Å². The summed E-state index contributed by atoms with van der Waals surface area (Å²) in [6.45, 7) is 0. The highest BCUT2D eigenvalue weighted by Gasteiger charge is 2.16. The van der Waals surface area contributed by atoms with Gasteiger partial charge in [-0.05, 0) is 47.2 Å². The van der Waals surface area contributed by atoms with Crippen LogP contribution in [0.5, 0.6) is 0 Å². The van der Waals surface area contributed by atoms with Gasteiger partial charge in [0.05, 0.1) is 9.83 Å². The summed E-state index contributed by atoms with van der Waals surface area (Å²) in [5.41, 5.74) is 0.949. The summed E-state index contributed by atoms with van der Waals surface area (Å²) >= 11 is 5.27. The molecule has 2 aromatic heterocycles. The van der Waals surface area contributed by atoms with E-state index in [-0.39, 0.29) is 6.04 Å². The van der Waals surface area contributed by atoms with Gasteiger partial charge in [-0.3, -0.25) is 0 Å². The number of furan rings is 1. The Bertz CT molecular complexity index is 655. The molecule has 19 heavy (non-hydrogen) atoms. The second-order valence-electron chi connectivity index (χ2n) is 4.44. The zero-order valence-corrected chi connectivity index (χ0v) is 12.9. The summed E-state index contributed by atoms with van der Waals surface area (Å²) in [5, 5.41) is 4.49. The highest BCUT2D eigenvalue weighted by molar-refractivity contribution is 9.11. The Morgan fingerprint density at radius 2 is 2.11 bits per heavy atom. The van der Waals surface area contributed by atoms with Gasteiger partial charge in [-0.1, -0.05) is 18.2 Å². The molecule has 0 radical (unpaired) electrons. The van der Waals surface area contributed by atoms with Gasteiger partial charge in [0.15, 0.2) is 0 Å². The molecule has 2 nitrogen and oxygen atoms in total. The van der Waals surface area contributed by atoms with Gasteiger partial charge in [0.25, 0.3) is 0 Å². The van der Waals surface area contributed by atoms with Crippen LogP contribution in [0.1, 0.15) is 16.7 Å². The SMILES string of the molecule is CNC(Cc1ccc(Br)s1)c1cc2ccccc2o1. The van der Waals surface area contributed by atoms with Crippen LogP contribution < -0.4 is 5.32 Å². The van der Waals surface area contributed by atoms with Crippen LogP contribution in [0.3, 0.4) is 0 Å². The zero-order chi connectivity index (χ0) is 13.2. The van der Waals surface area contributed by atoms with Crippen LogP contribution in [0, 0.1) is 0 Å². The van der Waals surface area contributed by atoms with Gasteiger partial charge < -0.3 is 9.73 Å². The minimum atomic E-state index is 0.206. The number of halogens is 1. The molecule has 98 valence electrons. The smallest absolute Gasteiger partial charge is 0.134 e. The normalized spacial score (nSPS) is 12.9. The summed E-state index contributed by atoms with van der Waals surface area (Å²) in [6.07, 6.45) is 0.937. The minimum absolute atomic E-state index is 0.206. The lowest BCUT2D eigenvalue weighted by Gasteiger charge is -2.11. The topological polar surface area (TPSA) is 25.2 Å². The van der Waals surface area contributed by atoms with Crippen LogP contribution in [0.15, 0.2) is 50.7 Å². The number of fused-ring (bicyclic) bond motifs is 1. The lowest BCUT2D eigenvalue weighted by atomic mass is 10.1. The minimum Gasteiger partial charge on any atom is -0.459 e. The lowest BCUT2D eigenvalue weighted by Crippen LogP contribution is -2.17. The van der Waals surface area contributed by atoms with E-state index in [1.807, 2.05) is 25.2 Å². The molecule has 0 amide bonds. The van der Waals surface area contributed by atoms with Crippen molar-refractivity contribution in [3.8, 4) is 0 Å². The number of nitrogens with one attached hydrogen (secondary N) is 1. The average Bonchev–Trinajstić information content (AvgIpc) is 3.01. The molecule has 0 saturated heterocycles. The average molecular weight is 336 g/mol. The third kappa shape index (κ3) is 2.76. The maximum absolute atomic E-state index is 5.93. The molecule has 4 heteroatoms. The van der Waals surface area contributed by atoms with Crippen LogP contribution in [-0.2, 0) is 6.42 Å². The van der Waals surface area contributed by atoms with Crippen molar-refractivity contribution in [2.75, 3.05) is 7.05 Å². The molecule has 0 fully saturated rings. The molecule has 0 saturated carbocycles. The Labute approximate surface area is 124 Å². The zero-order valence-electron chi connectivity index (χ0n) is 10.5. The summed E-state index contributed by atoms with van der Waals surface area (Å²) in [7, 11) is 1.97. The largest absolute Gasteiger partial charge is 0.459 e. The Balaban J connectivity index is 1.88. The monoisotopic (exact) mass is 335 g/mol. The number of rotatable bonds is 4.